The van der Waals surface area contributed by atoms with Gasteiger partial charge < -0.3 is 15.2 Å². The Kier molecular flexibility index (Phi) is 7.98. The largest absolute Gasteiger partial charge is 0.353 e. The van der Waals surface area contributed by atoms with Crippen molar-refractivity contribution in [1.29, 1.82) is 0 Å². The highest BCUT2D eigenvalue weighted by Crippen LogP contribution is 2.22. The first kappa shape index (κ1) is 22.3. The van der Waals surface area contributed by atoms with Crippen molar-refractivity contribution in [2.45, 2.75) is 38.6 Å². The van der Waals surface area contributed by atoms with Crippen molar-refractivity contribution in [3.05, 3.63) is 71.9 Å². The summed E-state index contributed by atoms with van der Waals surface area (Å²) in [5.41, 5.74) is 2.91. The highest BCUT2D eigenvalue weighted by Gasteiger charge is 2.15. The fourth-order valence-electron chi connectivity index (χ4n) is 3.65. The van der Waals surface area contributed by atoms with Gasteiger partial charge in [0.25, 0.3) is 11.8 Å². The van der Waals surface area contributed by atoms with E-state index in [4.69, 9.17) is 0 Å². The predicted molar refractivity (Wildman–Crippen MR) is 122 cm³/mol. The number of benzene rings is 2. The lowest BCUT2D eigenvalue weighted by Gasteiger charge is -2.05. The van der Waals surface area contributed by atoms with Gasteiger partial charge in [0, 0.05) is 43.7 Å². The molecule has 0 aliphatic heterocycles. The van der Waals surface area contributed by atoms with Crippen LogP contribution in [0.1, 0.15) is 48.0 Å². The smallest absolute Gasteiger partial charge is 0.287 e. The molecule has 0 atom stereocenters. The van der Waals surface area contributed by atoms with Crippen molar-refractivity contribution < 1.29 is 14.4 Å². The molecule has 2 amide bonds. The van der Waals surface area contributed by atoms with Gasteiger partial charge in [0.1, 0.15) is 0 Å². The van der Waals surface area contributed by atoms with Gasteiger partial charge in [0.15, 0.2) is 0 Å². The lowest BCUT2D eigenvalue weighted by Crippen LogP contribution is -2.27. The van der Waals surface area contributed by atoms with Crippen molar-refractivity contribution in [2.24, 2.45) is 0 Å². The van der Waals surface area contributed by atoms with E-state index >= 15 is 0 Å². The lowest BCUT2D eigenvalue weighted by atomic mass is 10.1. The Hall–Kier alpha value is -3.41. The van der Waals surface area contributed by atoms with E-state index in [1.807, 2.05) is 48.7 Å². The van der Waals surface area contributed by atoms with Crippen LogP contribution in [0.5, 0.6) is 0 Å². The van der Waals surface area contributed by atoms with E-state index in [0.717, 1.165) is 30.2 Å². The van der Waals surface area contributed by atoms with E-state index in [1.165, 1.54) is 12.6 Å². The zero-order valence-corrected chi connectivity index (χ0v) is 17.9. The Balaban J connectivity index is 1.51. The Labute approximate surface area is 182 Å². The molecular formula is C25H29N3O3. The molecule has 0 unspecified atom stereocenters. The number of carbonyl (C=O) groups is 3. The van der Waals surface area contributed by atoms with E-state index in [0.29, 0.717) is 25.1 Å². The number of Topliss-reactive ketones (excluding diaryl/α,β-unsaturated/α-hetero) is 1. The van der Waals surface area contributed by atoms with Crippen LogP contribution in [-0.4, -0.2) is 35.8 Å². The molecule has 3 rings (SSSR count). The second-order valence-corrected chi connectivity index (χ2v) is 7.60. The van der Waals surface area contributed by atoms with Gasteiger partial charge in [-0.3, -0.25) is 14.4 Å². The van der Waals surface area contributed by atoms with Crippen LogP contribution in [0.2, 0.25) is 0 Å². The maximum Gasteiger partial charge on any atom is 0.287 e. The highest BCUT2D eigenvalue weighted by atomic mass is 16.2. The second kappa shape index (κ2) is 11.1. The number of ketones is 1. The number of amides is 2. The summed E-state index contributed by atoms with van der Waals surface area (Å²) in [6.07, 6.45) is 5.48. The molecule has 0 aliphatic rings. The summed E-state index contributed by atoms with van der Waals surface area (Å²) < 4.78 is 2.11. The van der Waals surface area contributed by atoms with Crippen molar-refractivity contribution in [3.63, 3.8) is 0 Å². The average molecular weight is 420 g/mol. The average Bonchev–Trinajstić information content (AvgIpc) is 3.16. The van der Waals surface area contributed by atoms with Crippen LogP contribution < -0.4 is 10.6 Å². The van der Waals surface area contributed by atoms with Gasteiger partial charge in [-0.25, -0.2) is 0 Å². The Morgan fingerprint density at radius 1 is 0.871 bits per heavy atom. The molecular weight excluding hydrogens is 390 g/mol. The summed E-state index contributed by atoms with van der Waals surface area (Å²) in [5.74, 6) is -0.973. The molecule has 31 heavy (non-hydrogen) atoms. The van der Waals surface area contributed by atoms with Gasteiger partial charge in [-0.2, -0.15) is 0 Å². The minimum absolute atomic E-state index is 0.0715. The predicted octanol–water partition coefficient (Wildman–Crippen LogP) is 3.69. The van der Waals surface area contributed by atoms with Crippen LogP contribution in [0.3, 0.4) is 0 Å². The Bertz CT molecular complexity index is 1040. The monoisotopic (exact) mass is 419 g/mol. The van der Waals surface area contributed by atoms with Crippen LogP contribution >= 0.6 is 0 Å². The Morgan fingerprint density at radius 2 is 1.58 bits per heavy atom. The zero-order chi connectivity index (χ0) is 22.1. The van der Waals surface area contributed by atoms with Crippen molar-refractivity contribution >= 4 is 28.5 Å². The van der Waals surface area contributed by atoms with Gasteiger partial charge in [-0.1, -0.05) is 61.4 Å². The van der Waals surface area contributed by atoms with Crippen LogP contribution in [0, 0.1) is 0 Å². The number of rotatable bonds is 11. The first-order valence-corrected chi connectivity index (χ1v) is 10.7. The van der Waals surface area contributed by atoms with Gasteiger partial charge >= 0.3 is 0 Å². The van der Waals surface area contributed by atoms with E-state index in [2.05, 4.69) is 27.3 Å². The molecule has 1 aromatic heterocycles. The van der Waals surface area contributed by atoms with Crippen LogP contribution in [-0.2, 0) is 16.1 Å². The SMILES string of the molecule is CNC(=O)C(=O)CCCCCCNC(=O)c1cn(Cc2ccccc2)c2ccccc12. The number of para-hydroxylation sites is 1. The molecule has 3 aromatic rings. The second-order valence-electron chi connectivity index (χ2n) is 7.60. The van der Waals surface area contributed by atoms with E-state index in [-0.39, 0.29) is 18.1 Å². The number of carbonyl (C=O) groups excluding carboxylic acids is 3. The van der Waals surface area contributed by atoms with Crippen molar-refractivity contribution in [3.8, 4) is 0 Å². The summed E-state index contributed by atoms with van der Waals surface area (Å²) in [6, 6.07) is 18.1. The summed E-state index contributed by atoms with van der Waals surface area (Å²) in [7, 11) is 1.46. The topological polar surface area (TPSA) is 80.2 Å². The minimum Gasteiger partial charge on any atom is -0.353 e. The highest BCUT2D eigenvalue weighted by molar-refractivity contribution is 6.36. The minimum atomic E-state index is -0.529. The van der Waals surface area contributed by atoms with E-state index in [1.54, 1.807) is 0 Å². The standard InChI is InChI=1S/C25H29N3O3/c1-26-25(31)23(29)15-7-2-3-10-16-27-24(30)21-18-28(17-19-11-5-4-6-12-19)22-14-9-8-13-20(21)22/h4-6,8-9,11-14,18H,2-3,7,10,15-17H2,1H3,(H,26,31)(H,27,30). The molecule has 0 radical (unpaired) electrons. The van der Waals surface area contributed by atoms with Crippen LogP contribution in [0.15, 0.2) is 60.8 Å². The number of hydrogen-bond acceptors (Lipinski definition) is 3. The fourth-order valence-corrected chi connectivity index (χ4v) is 3.65. The first-order chi connectivity index (χ1) is 15.1. The molecule has 0 saturated carbocycles. The number of hydrogen-bond donors (Lipinski definition) is 2. The number of nitrogens with zero attached hydrogens (tertiary/aromatic N) is 1. The maximum absolute atomic E-state index is 12.8. The van der Waals surface area contributed by atoms with Gasteiger partial charge in [-0.05, 0) is 24.5 Å². The Morgan fingerprint density at radius 3 is 2.35 bits per heavy atom. The fraction of sp³-hybridized carbons (Fsp3) is 0.320. The summed E-state index contributed by atoms with van der Waals surface area (Å²) >= 11 is 0. The van der Waals surface area contributed by atoms with E-state index < -0.39 is 5.91 Å². The molecule has 6 nitrogen and oxygen atoms in total. The number of fused-ring (bicyclic) bond motifs is 1. The molecule has 0 bridgehead atoms. The van der Waals surface area contributed by atoms with E-state index in [9.17, 15) is 14.4 Å². The quantitative estimate of drug-likeness (QED) is 0.367. The summed E-state index contributed by atoms with van der Waals surface area (Å²) in [4.78, 5) is 35.4. The number of nitrogens with one attached hydrogen (secondary N) is 2. The van der Waals surface area contributed by atoms with Crippen molar-refractivity contribution in [1.82, 2.24) is 15.2 Å². The molecule has 2 N–H and O–H groups in total. The third-order valence-corrected chi connectivity index (χ3v) is 5.33. The van der Waals surface area contributed by atoms with Gasteiger partial charge in [0.05, 0.1) is 5.56 Å². The third kappa shape index (κ3) is 6.04. The number of likely N-dealkylation sites (N-methyl/N-ethyl adjacent to an activating group) is 1. The number of aromatic nitrogens is 1. The summed E-state index contributed by atoms with van der Waals surface area (Å²) in [5, 5.41) is 6.30. The molecule has 0 aliphatic carbocycles. The molecule has 0 saturated heterocycles. The third-order valence-electron chi connectivity index (χ3n) is 5.33. The molecule has 1 heterocycles. The van der Waals surface area contributed by atoms with Crippen LogP contribution in [0.25, 0.3) is 10.9 Å². The van der Waals surface area contributed by atoms with Gasteiger partial charge in [-0.15, -0.1) is 0 Å². The van der Waals surface area contributed by atoms with Gasteiger partial charge in [0.2, 0.25) is 5.78 Å². The molecule has 0 fully saturated rings. The number of unbranched alkanes of at least 4 members (excludes halogenated alkanes) is 3. The molecule has 0 spiro atoms. The zero-order valence-electron chi connectivity index (χ0n) is 17.9. The molecule has 6 heteroatoms. The molecule has 162 valence electrons. The normalized spacial score (nSPS) is 10.7. The molecule has 2 aromatic carbocycles. The first-order valence-electron chi connectivity index (χ1n) is 10.7. The summed E-state index contributed by atoms with van der Waals surface area (Å²) in [6.45, 7) is 1.30. The lowest BCUT2D eigenvalue weighted by molar-refractivity contribution is -0.137. The maximum atomic E-state index is 12.8. The van der Waals surface area contributed by atoms with Crippen molar-refractivity contribution in [2.75, 3.05) is 13.6 Å². The van der Waals surface area contributed by atoms with Crippen LogP contribution in [0.4, 0.5) is 0 Å².